The van der Waals surface area contributed by atoms with Gasteiger partial charge in [-0.1, -0.05) is 66.8 Å². The van der Waals surface area contributed by atoms with Gasteiger partial charge in [0, 0.05) is 18.1 Å². The van der Waals surface area contributed by atoms with Crippen LogP contribution < -0.4 is 5.32 Å². The van der Waals surface area contributed by atoms with Crippen molar-refractivity contribution in [2.45, 2.75) is 45.7 Å². The van der Waals surface area contributed by atoms with Crippen LogP contribution in [0.4, 0.5) is 0 Å². The molecule has 2 aromatic rings. The summed E-state index contributed by atoms with van der Waals surface area (Å²) in [6.45, 7) is 4.72. The van der Waals surface area contributed by atoms with Crippen molar-refractivity contribution in [3.05, 3.63) is 68.7 Å². The Labute approximate surface area is 187 Å². The standard InChI is InChI=1S/C22H25Cl3N2O2/c1-3-11-26-22(29)20(4-2)27(14-16-7-10-18(24)19(25)12-16)21(28)13-15-5-8-17(23)9-6-15/h5-10,12,20H,3-4,11,13-14H2,1-2H3,(H,26,29). The van der Waals surface area contributed by atoms with Gasteiger partial charge < -0.3 is 10.2 Å². The van der Waals surface area contributed by atoms with Crippen LogP contribution in [0.15, 0.2) is 42.5 Å². The lowest BCUT2D eigenvalue weighted by Gasteiger charge is -2.31. The molecule has 0 aliphatic heterocycles. The smallest absolute Gasteiger partial charge is 0.242 e. The average molecular weight is 456 g/mol. The summed E-state index contributed by atoms with van der Waals surface area (Å²) in [5.41, 5.74) is 1.65. The maximum Gasteiger partial charge on any atom is 0.242 e. The lowest BCUT2D eigenvalue weighted by molar-refractivity contribution is -0.140. The zero-order chi connectivity index (χ0) is 21.4. The van der Waals surface area contributed by atoms with Gasteiger partial charge in [-0.2, -0.15) is 0 Å². The highest BCUT2D eigenvalue weighted by Gasteiger charge is 2.28. The van der Waals surface area contributed by atoms with E-state index in [9.17, 15) is 9.59 Å². The first-order chi connectivity index (χ1) is 13.8. The maximum atomic E-state index is 13.2. The van der Waals surface area contributed by atoms with Crippen LogP contribution in [-0.4, -0.2) is 29.3 Å². The predicted octanol–water partition coefficient (Wildman–Crippen LogP) is 5.52. The zero-order valence-electron chi connectivity index (χ0n) is 16.6. The first kappa shape index (κ1) is 23.5. The van der Waals surface area contributed by atoms with E-state index in [0.717, 1.165) is 17.5 Å². The summed E-state index contributed by atoms with van der Waals surface area (Å²) in [4.78, 5) is 27.5. The van der Waals surface area contributed by atoms with E-state index in [1.165, 1.54) is 0 Å². The van der Waals surface area contributed by atoms with Crippen LogP contribution in [0.2, 0.25) is 15.1 Å². The first-order valence-electron chi connectivity index (χ1n) is 9.61. The van der Waals surface area contributed by atoms with Crippen LogP contribution in [0.25, 0.3) is 0 Å². The molecule has 2 aromatic carbocycles. The van der Waals surface area contributed by atoms with E-state index < -0.39 is 6.04 Å². The molecule has 0 spiro atoms. The van der Waals surface area contributed by atoms with Gasteiger partial charge in [0.1, 0.15) is 6.04 Å². The third-order valence-electron chi connectivity index (χ3n) is 4.54. The fourth-order valence-electron chi connectivity index (χ4n) is 3.00. The van der Waals surface area contributed by atoms with Gasteiger partial charge >= 0.3 is 0 Å². The lowest BCUT2D eigenvalue weighted by Crippen LogP contribution is -2.49. The molecule has 1 N–H and O–H groups in total. The topological polar surface area (TPSA) is 49.4 Å². The van der Waals surface area contributed by atoms with Gasteiger partial charge in [-0.3, -0.25) is 9.59 Å². The molecule has 0 aliphatic carbocycles. The highest BCUT2D eigenvalue weighted by atomic mass is 35.5. The highest BCUT2D eigenvalue weighted by Crippen LogP contribution is 2.24. The first-order valence-corrected chi connectivity index (χ1v) is 10.7. The zero-order valence-corrected chi connectivity index (χ0v) is 18.8. The maximum absolute atomic E-state index is 13.2. The molecule has 1 atom stereocenters. The number of halogens is 3. The molecule has 7 heteroatoms. The minimum atomic E-state index is -0.573. The second kappa shape index (κ2) is 11.4. The molecule has 0 aliphatic rings. The Balaban J connectivity index is 2.28. The summed E-state index contributed by atoms with van der Waals surface area (Å²) < 4.78 is 0. The number of amides is 2. The van der Waals surface area contributed by atoms with Gasteiger partial charge in [0.2, 0.25) is 11.8 Å². The largest absolute Gasteiger partial charge is 0.354 e. The summed E-state index contributed by atoms with van der Waals surface area (Å²) in [6.07, 6.45) is 1.51. The number of nitrogens with zero attached hydrogens (tertiary/aromatic N) is 1. The predicted molar refractivity (Wildman–Crippen MR) is 120 cm³/mol. The number of carbonyl (C=O) groups excluding carboxylic acids is 2. The fourth-order valence-corrected chi connectivity index (χ4v) is 3.45. The van der Waals surface area contributed by atoms with Gasteiger partial charge in [0.15, 0.2) is 0 Å². The molecule has 0 bridgehead atoms. The number of hydrogen-bond acceptors (Lipinski definition) is 2. The second-order valence-corrected chi connectivity index (χ2v) is 8.04. The van der Waals surface area contributed by atoms with Crippen molar-refractivity contribution in [3.8, 4) is 0 Å². The average Bonchev–Trinajstić information content (AvgIpc) is 2.70. The monoisotopic (exact) mass is 454 g/mol. The summed E-state index contributed by atoms with van der Waals surface area (Å²) in [5, 5.41) is 4.37. The molecule has 0 saturated carbocycles. The van der Waals surface area contributed by atoms with E-state index in [0.29, 0.717) is 28.0 Å². The molecule has 2 amide bonds. The van der Waals surface area contributed by atoms with Crippen LogP contribution in [-0.2, 0) is 22.6 Å². The SMILES string of the molecule is CCCNC(=O)C(CC)N(Cc1ccc(Cl)c(Cl)c1)C(=O)Cc1ccc(Cl)cc1. The lowest BCUT2D eigenvalue weighted by atomic mass is 10.1. The molecule has 0 radical (unpaired) electrons. The quantitative estimate of drug-likeness (QED) is 0.541. The molecule has 0 saturated heterocycles. The molecule has 156 valence electrons. The van der Waals surface area contributed by atoms with E-state index in [-0.39, 0.29) is 24.8 Å². The van der Waals surface area contributed by atoms with E-state index in [1.54, 1.807) is 29.2 Å². The summed E-state index contributed by atoms with van der Waals surface area (Å²) in [6, 6.07) is 11.8. The summed E-state index contributed by atoms with van der Waals surface area (Å²) in [7, 11) is 0. The van der Waals surface area contributed by atoms with Crippen LogP contribution >= 0.6 is 34.8 Å². The Bertz CT molecular complexity index is 840. The van der Waals surface area contributed by atoms with Crippen LogP contribution in [0.3, 0.4) is 0 Å². The van der Waals surface area contributed by atoms with E-state index in [2.05, 4.69) is 5.32 Å². The molecule has 2 rings (SSSR count). The van der Waals surface area contributed by atoms with Crippen LogP contribution in [0.5, 0.6) is 0 Å². The third-order valence-corrected chi connectivity index (χ3v) is 5.53. The normalized spacial score (nSPS) is 11.8. The molecule has 0 aromatic heterocycles. The van der Waals surface area contributed by atoms with Crippen molar-refractivity contribution in [2.24, 2.45) is 0 Å². The molecule has 1 unspecified atom stereocenters. The van der Waals surface area contributed by atoms with Crippen LogP contribution in [0.1, 0.15) is 37.8 Å². The van der Waals surface area contributed by atoms with E-state index in [4.69, 9.17) is 34.8 Å². The van der Waals surface area contributed by atoms with E-state index >= 15 is 0 Å². The van der Waals surface area contributed by atoms with E-state index in [1.807, 2.05) is 32.0 Å². The van der Waals surface area contributed by atoms with Crippen molar-refractivity contribution >= 4 is 46.6 Å². The van der Waals surface area contributed by atoms with Crippen molar-refractivity contribution in [1.29, 1.82) is 0 Å². The van der Waals surface area contributed by atoms with Gasteiger partial charge in [-0.25, -0.2) is 0 Å². The number of benzene rings is 2. The molecular weight excluding hydrogens is 431 g/mol. The molecule has 0 heterocycles. The minimum Gasteiger partial charge on any atom is -0.354 e. The van der Waals surface area contributed by atoms with Gasteiger partial charge in [-0.15, -0.1) is 0 Å². The van der Waals surface area contributed by atoms with Gasteiger partial charge in [-0.05, 0) is 48.2 Å². The van der Waals surface area contributed by atoms with Crippen LogP contribution in [0, 0.1) is 0 Å². The Morgan fingerprint density at radius 3 is 2.21 bits per heavy atom. The number of nitrogens with one attached hydrogen (secondary N) is 1. The molecule has 0 fully saturated rings. The molecule has 29 heavy (non-hydrogen) atoms. The summed E-state index contributed by atoms with van der Waals surface area (Å²) >= 11 is 18.1. The van der Waals surface area contributed by atoms with Crippen molar-refractivity contribution < 1.29 is 9.59 Å². The number of hydrogen-bond donors (Lipinski definition) is 1. The Hall–Kier alpha value is -1.75. The van der Waals surface area contributed by atoms with Gasteiger partial charge in [0.25, 0.3) is 0 Å². The minimum absolute atomic E-state index is 0.142. The third kappa shape index (κ3) is 6.91. The summed E-state index contributed by atoms with van der Waals surface area (Å²) in [5.74, 6) is -0.296. The molecule has 4 nitrogen and oxygen atoms in total. The van der Waals surface area contributed by atoms with Gasteiger partial charge in [0.05, 0.1) is 16.5 Å². The Kier molecular flexibility index (Phi) is 9.28. The van der Waals surface area contributed by atoms with Crippen molar-refractivity contribution in [3.63, 3.8) is 0 Å². The highest BCUT2D eigenvalue weighted by molar-refractivity contribution is 6.42. The molecular formula is C22H25Cl3N2O2. The number of carbonyl (C=O) groups is 2. The Morgan fingerprint density at radius 1 is 0.966 bits per heavy atom. The Morgan fingerprint density at radius 2 is 1.62 bits per heavy atom. The fraction of sp³-hybridized carbons (Fsp3) is 0.364. The van der Waals surface area contributed by atoms with Crippen molar-refractivity contribution in [2.75, 3.05) is 6.54 Å². The second-order valence-electron chi connectivity index (χ2n) is 6.79. The van der Waals surface area contributed by atoms with Crippen molar-refractivity contribution in [1.82, 2.24) is 10.2 Å². The number of rotatable bonds is 9.